The largest absolute Gasteiger partial charge is 0.352 e. The number of benzene rings is 2. The highest BCUT2D eigenvalue weighted by Gasteiger charge is 2.18. The molecule has 0 atom stereocenters. The Morgan fingerprint density at radius 3 is 2.42 bits per heavy atom. The van der Waals surface area contributed by atoms with Gasteiger partial charge in [-0.2, -0.15) is 0 Å². The molecule has 0 aliphatic heterocycles. The molecule has 128 valence electrons. The zero-order valence-electron chi connectivity index (χ0n) is 13.9. The Kier molecular flexibility index (Phi) is 6.11. The van der Waals surface area contributed by atoms with E-state index >= 15 is 0 Å². The van der Waals surface area contributed by atoms with Crippen molar-refractivity contribution in [3.63, 3.8) is 0 Å². The second-order valence-corrected chi connectivity index (χ2v) is 7.81. The van der Waals surface area contributed by atoms with E-state index in [1.807, 2.05) is 18.2 Å². The molecule has 0 fully saturated rings. The summed E-state index contributed by atoms with van der Waals surface area (Å²) in [4.78, 5) is 12.3. The number of nitrogens with zero attached hydrogens (tertiary/aromatic N) is 1. The lowest BCUT2D eigenvalue weighted by molar-refractivity contribution is 0.0953. The van der Waals surface area contributed by atoms with E-state index in [1.165, 1.54) is 31.8 Å². The molecule has 0 aliphatic carbocycles. The number of sulfonamides is 1. The normalized spacial score (nSPS) is 11.5. The maximum absolute atomic E-state index is 12.2. The number of rotatable bonds is 7. The second kappa shape index (κ2) is 8.08. The average molecular weight is 346 g/mol. The Morgan fingerprint density at radius 1 is 1.04 bits per heavy atom. The zero-order valence-corrected chi connectivity index (χ0v) is 14.7. The van der Waals surface area contributed by atoms with E-state index in [0.29, 0.717) is 12.1 Å². The monoisotopic (exact) mass is 346 g/mol. The van der Waals surface area contributed by atoms with E-state index in [1.54, 1.807) is 12.1 Å². The highest BCUT2D eigenvalue weighted by molar-refractivity contribution is 7.89. The maximum Gasteiger partial charge on any atom is 0.251 e. The summed E-state index contributed by atoms with van der Waals surface area (Å²) in [5.41, 5.74) is 1.57. The molecule has 0 unspecified atom stereocenters. The van der Waals surface area contributed by atoms with Crippen LogP contribution in [0, 0.1) is 0 Å². The quantitative estimate of drug-likeness (QED) is 0.782. The van der Waals surface area contributed by atoms with Crippen LogP contribution in [0.1, 0.15) is 22.3 Å². The molecule has 0 radical (unpaired) electrons. The molecule has 6 heteroatoms. The molecule has 24 heavy (non-hydrogen) atoms. The zero-order chi connectivity index (χ0) is 17.6. The first-order valence-electron chi connectivity index (χ1n) is 7.76. The van der Waals surface area contributed by atoms with Crippen LogP contribution >= 0.6 is 0 Å². The predicted octanol–water partition coefficient (Wildman–Crippen LogP) is 2.30. The van der Waals surface area contributed by atoms with Crippen LogP contribution in [0.15, 0.2) is 59.5 Å². The van der Waals surface area contributed by atoms with Gasteiger partial charge in [-0.3, -0.25) is 4.79 Å². The van der Waals surface area contributed by atoms with E-state index in [4.69, 9.17) is 0 Å². The molecule has 0 aromatic heterocycles. The number of nitrogens with one attached hydrogen (secondary N) is 1. The Morgan fingerprint density at radius 2 is 1.75 bits per heavy atom. The third-order valence-corrected chi connectivity index (χ3v) is 5.46. The van der Waals surface area contributed by atoms with Gasteiger partial charge >= 0.3 is 0 Å². The van der Waals surface area contributed by atoms with Crippen LogP contribution in [0.25, 0.3) is 0 Å². The van der Waals surface area contributed by atoms with E-state index in [0.717, 1.165) is 17.1 Å². The van der Waals surface area contributed by atoms with Crippen molar-refractivity contribution in [2.45, 2.75) is 17.7 Å². The summed E-state index contributed by atoms with van der Waals surface area (Å²) in [6.45, 7) is 0.540. The summed E-state index contributed by atoms with van der Waals surface area (Å²) in [5, 5.41) is 2.83. The average Bonchev–Trinajstić information content (AvgIpc) is 2.59. The van der Waals surface area contributed by atoms with Gasteiger partial charge < -0.3 is 5.32 Å². The number of carbonyl (C=O) groups is 1. The van der Waals surface area contributed by atoms with Crippen LogP contribution in [0.3, 0.4) is 0 Å². The van der Waals surface area contributed by atoms with Crippen molar-refractivity contribution < 1.29 is 13.2 Å². The molecule has 2 rings (SSSR count). The Bertz CT molecular complexity index is 787. The fourth-order valence-corrected chi connectivity index (χ4v) is 3.20. The minimum Gasteiger partial charge on any atom is -0.352 e. The lowest BCUT2D eigenvalue weighted by Gasteiger charge is -2.12. The van der Waals surface area contributed by atoms with Gasteiger partial charge in [0.2, 0.25) is 10.0 Å². The summed E-state index contributed by atoms with van der Waals surface area (Å²) in [6.07, 6.45) is 1.71. The number of hydrogen-bond donors (Lipinski definition) is 1. The van der Waals surface area contributed by atoms with Crippen LogP contribution < -0.4 is 5.32 Å². The molecule has 5 nitrogen and oxygen atoms in total. The molecule has 0 saturated carbocycles. The van der Waals surface area contributed by atoms with Crippen molar-refractivity contribution >= 4 is 15.9 Å². The molecule has 0 bridgehead atoms. The summed E-state index contributed by atoms with van der Waals surface area (Å²) in [7, 11) is -0.613. The third kappa shape index (κ3) is 4.66. The fourth-order valence-electron chi connectivity index (χ4n) is 2.25. The van der Waals surface area contributed by atoms with Gasteiger partial charge in [-0.05, 0) is 36.6 Å². The molecule has 2 aromatic rings. The Balaban J connectivity index is 1.93. The summed E-state index contributed by atoms with van der Waals surface area (Å²) in [5.74, 6) is -0.265. The smallest absolute Gasteiger partial charge is 0.251 e. The van der Waals surface area contributed by atoms with E-state index in [2.05, 4.69) is 17.4 Å². The van der Waals surface area contributed by atoms with Gasteiger partial charge in [0.1, 0.15) is 0 Å². The van der Waals surface area contributed by atoms with Crippen molar-refractivity contribution in [1.29, 1.82) is 0 Å². The summed E-state index contributed by atoms with van der Waals surface area (Å²) in [6, 6.07) is 16.1. The summed E-state index contributed by atoms with van der Waals surface area (Å²) >= 11 is 0. The van der Waals surface area contributed by atoms with E-state index < -0.39 is 10.0 Å². The molecule has 2 aromatic carbocycles. The van der Waals surface area contributed by atoms with Crippen LogP contribution in [-0.4, -0.2) is 39.3 Å². The lowest BCUT2D eigenvalue weighted by Crippen LogP contribution is -2.26. The van der Waals surface area contributed by atoms with Crippen molar-refractivity contribution in [2.75, 3.05) is 20.6 Å². The molecule has 0 aliphatic rings. The highest BCUT2D eigenvalue weighted by Crippen LogP contribution is 2.14. The molecule has 0 heterocycles. The number of amides is 1. The predicted molar refractivity (Wildman–Crippen MR) is 94.4 cm³/mol. The number of hydrogen-bond acceptors (Lipinski definition) is 3. The van der Waals surface area contributed by atoms with Gasteiger partial charge in [0.05, 0.1) is 4.90 Å². The minimum atomic E-state index is -3.54. The van der Waals surface area contributed by atoms with Gasteiger partial charge in [-0.25, -0.2) is 12.7 Å². The van der Waals surface area contributed by atoms with E-state index in [-0.39, 0.29) is 10.8 Å². The minimum absolute atomic E-state index is 0.115. The standard InChI is InChI=1S/C18H22N2O3S/c1-20(2)24(22,23)17-12-6-11-16(14-17)18(21)19-13-7-10-15-8-4-3-5-9-15/h3-6,8-9,11-12,14H,7,10,13H2,1-2H3,(H,19,21). The lowest BCUT2D eigenvalue weighted by atomic mass is 10.1. The Labute approximate surface area is 143 Å². The first-order chi connectivity index (χ1) is 11.4. The van der Waals surface area contributed by atoms with Gasteiger partial charge in [0, 0.05) is 26.2 Å². The van der Waals surface area contributed by atoms with Crippen molar-refractivity contribution in [1.82, 2.24) is 9.62 Å². The van der Waals surface area contributed by atoms with E-state index in [9.17, 15) is 13.2 Å². The molecular weight excluding hydrogens is 324 g/mol. The van der Waals surface area contributed by atoms with Gasteiger partial charge in [0.15, 0.2) is 0 Å². The van der Waals surface area contributed by atoms with Crippen LogP contribution in [0.5, 0.6) is 0 Å². The summed E-state index contributed by atoms with van der Waals surface area (Å²) < 4.78 is 25.4. The van der Waals surface area contributed by atoms with Crippen LogP contribution in [-0.2, 0) is 16.4 Å². The topological polar surface area (TPSA) is 66.5 Å². The van der Waals surface area contributed by atoms with Gasteiger partial charge in [-0.1, -0.05) is 36.4 Å². The maximum atomic E-state index is 12.2. The number of carbonyl (C=O) groups excluding carboxylic acids is 1. The van der Waals surface area contributed by atoms with Gasteiger partial charge in [0.25, 0.3) is 5.91 Å². The first-order valence-corrected chi connectivity index (χ1v) is 9.20. The molecule has 1 amide bonds. The van der Waals surface area contributed by atoms with Gasteiger partial charge in [-0.15, -0.1) is 0 Å². The fraction of sp³-hybridized carbons (Fsp3) is 0.278. The molecular formula is C18H22N2O3S. The van der Waals surface area contributed by atoms with Crippen molar-refractivity contribution in [3.8, 4) is 0 Å². The number of aryl methyl sites for hydroxylation is 1. The van der Waals surface area contributed by atoms with Crippen LogP contribution in [0.4, 0.5) is 0 Å². The molecule has 1 N–H and O–H groups in total. The second-order valence-electron chi connectivity index (χ2n) is 5.66. The van der Waals surface area contributed by atoms with Crippen molar-refractivity contribution in [3.05, 3.63) is 65.7 Å². The highest BCUT2D eigenvalue weighted by atomic mass is 32.2. The molecule has 0 saturated heterocycles. The Hall–Kier alpha value is -2.18. The third-order valence-electron chi connectivity index (χ3n) is 3.65. The molecule has 0 spiro atoms. The van der Waals surface area contributed by atoms with Crippen LogP contribution in [0.2, 0.25) is 0 Å². The van der Waals surface area contributed by atoms with Crippen molar-refractivity contribution in [2.24, 2.45) is 0 Å². The SMILES string of the molecule is CN(C)S(=O)(=O)c1cccc(C(=O)NCCCc2ccccc2)c1. The first kappa shape index (κ1) is 18.2.